The Morgan fingerprint density at radius 1 is 1.60 bits per heavy atom. The number of hydrogen-bond donors (Lipinski definition) is 1. The first-order valence-corrected chi connectivity index (χ1v) is 6.52. The van der Waals surface area contributed by atoms with E-state index < -0.39 is 0 Å². The summed E-state index contributed by atoms with van der Waals surface area (Å²) in [5.74, 6) is 0. The molecule has 2 nitrogen and oxygen atoms in total. The zero-order valence-electron chi connectivity index (χ0n) is 9.62. The summed E-state index contributed by atoms with van der Waals surface area (Å²) in [7, 11) is 2.21. The molecule has 2 heterocycles. The summed E-state index contributed by atoms with van der Waals surface area (Å²) in [4.78, 5) is 3.88. The van der Waals surface area contributed by atoms with E-state index in [0.717, 1.165) is 13.1 Å². The highest BCUT2D eigenvalue weighted by atomic mass is 32.1. The van der Waals surface area contributed by atoms with Crippen LogP contribution in [0.1, 0.15) is 24.6 Å². The molecule has 0 aromatic carbocycles. The van der Waals surface area contributed by atoms with Crippen molar-refractivity contribution in [3.63, 3.8) is 0 Å². The molecule has 0 radical (unpaired) electrons. The van der Waals surface area contributed by atoms with Gasteiger partial charge in [-0.3, -0.25) is 4.90 Å². The lowest BCUT2D eigenvalue weighted by atomic mass is 10.00. The molecule has 0 bridgehead atoms. The topological polar surface area (TPSA) is 15.3 Å². The zero-order chi connectivity index (χ0) is 10.7. The van der Waals surface area contributed by atoms with Gasteiger partial charge in [0.15, 0.2) is 0 Å². The minimum atomic E-state index is 0.339. The summed E-state index contributed by atoms with van der Waals surface area (Å²) in [6, 6.07) is 4.34. The van der Waals surface area contributed by atoms with Gasteiger partial charge in [0.2, 0.25) is 0 Å². The van der Waals surface area contributed by atoms with Crippen molar-refractivity contribution in [1.29, 1.82) is 0 Å². The second kappa shape index (κ2) is 4.64. The smallest absolute Gasteiger partial charge is 0.0325 e. The van der Waals surface area contributed by atoms with Crippen LogP contribution >= 0.6 is 11.3 Å². The van der Waals surface area contributed by atoms with E-state index in [-0.39, 0.29) is 0 Å². The second-order valence-electron chi connectivity index (χ2n) is 4.84. The molecule has 0 spiro atoms. The van der Waals surface area contributed by atoms with Crippen molar-refractivity contribution in [3.05, 3.63) is 22.4 Å². The van der Waals surface area contributed by atoms with E-state index in [1.807, 2.05) is 11.3 Å². The molecular weight excluding hydrogens is 204 g/mol. The van der Waals surface area contributed by atoms with Crippen LogP contribution < -0.4 is 5.32 Å². The number of nitrogens with zero attached hydrogens (tertiary/aromatic N) is 1. The van der Waals surface area contributed by atoms with Crippen molar-refractivity contribution in [2.75, 3.05) is 20.1 Å². The van der Waals surface area contributed by atoms with Gasteiger partial charge >= 0.3 is 0 Å². The van der Waals surface area contributed by atoms with Gasteiger partial charge in [-0.2, -0.15) is 0 Å². The molecule has 1 unspecified atom stereocenters. The third-order valence-corrected chi connectivity index (χ3v) is 3.94. The van der Waals surface area contributed by atoms with Gasteiger partial charge in [-0.05, 0) is 44.8 Å². The zero-order valence-corrected chi connectivity index (χ0v) is 10.4. The second-order valence-corrected chi connectivity index (χ2v) is 5.87. The summed E-state index contributed by atoms with van der Waals surface area (Å²) in [6.45, 7) is 5.74. The van der Waals surface area contributed by atoms with Gasteiger partial charge in [0.05, 0.1) is 0 Å². The lowest BCUT2D eigenvalue weighted by Crippen LogP contribution is -2.46. The Hall–Kier alpha value is -0.380. The van der Waals surface area contributed by atoms with Gasteiger partial charge in [0.25, 0.3) is 0 Å². The number of nitrogens with one attached hydrogen (secondary N) is 1. The first kappa shape index (κ1) is 11.1. The normalized spacial score (nSPS) is 26.3. The van der Waals surface area contributed by atoms with Crippen LogP contribution in [0, 0.1) is 0 Å². The van der Waals surface area contributed by atoms with Crippen LogP contribution in [0.3, 0.4) is 0 Å². The highest BCUT2D eigenvalue weighted by Gasteiger charge is 2.28. The molecule has 3 heteroatoms. The molecule has 15 heavy (non-hydrogen) atoms. The summed E-state index contributed by atoms with van der Waals surface area (Å²) >= 11 is 1.85. The largest absolute Gasteiger partial charge is 0.310 e. The van der Waals surface area contributed by atoms with E-state index in [1.165, 1.54) is 24.3 Å². The Morgan fingerprint density at radius 3 is 3.07 bits per heavy atom. The molecule has 1 aliphatic heterocycles. The van der Waals surface area contributed by atoms with Crippen molar-refractivity contribution in [3.8, 4) is 0 Å². The van der Waals surface area contributed by atoms with Crippen molar-refractivity contribution in [2.24, 2.45) is 0 Å². The molecule has 1 atom stereocenters. The van der Waals surface area contributed by atoms with E-state index >= 15 is 0 Å². The van der Waals surface area contributed by atoms with Crippen LogP contribution in [0.4, 0.5) is 0 Å². The monoisotopic (exact) mass is 224 g/mol. The van der Waals surface area contributed by atoms with Crippen LogP contribution in [0.15, 0.2) is 17.5 Å². The van der Waals surface area contributed by atoms with E-state index in [2.05, 4.69) is 41.7 Å². The van der Waals surface area contributed by atoms with E-state index in [0.29, 0.717) is 5.54 Å². The third kappa shape index (κ3) is 3.03. The highest BCUT2D eigenvalue weighted by Crippen LogP contribution is 2.20. The number of rotatable bonds is 4. The van der Waals surface area contributed by atoms with Crippen molar-refractivity contribution < 1.29 is 0 Å². The van der Waals surface area contributed by atoms with E-state index in [4.69, 9.17) is 0 Å². The summed E-state index contributed by atoms with van der Waals surface area (Å²) in [6.07, 6.45) is 2.63. The van der Waals surface area contributed by atoms with Crippen LogP contribution in [0.2, 0.25) is 0 Å². The average molecular weight is 224 g/mol. The number of likely N-dealkylation sites (N-methyl/N-ethyl adjacent to an activating group) is 1. The fourth-order valence-corrected chi connectivity index (χ4v) is 3.20. The maximum atomic E-state index is 3.61. The van der Waals surface area contributed by atoms with Gasteiger partial charge < -0.3 is 5.32 Å². The molecule has 0 aliphatic carbocycles. The molecule has 2 rings (SSSR count). The standard InChI is InChI=1S/C12H20N2S/c1-12(6-4-7-13-12)10-14(2)9-11-5-3-8-15-11/h3,5,8,13H,4,6-7,9-10H2,1-2H3. The van der Waals surface area contributed by atoms with Gasteiger partial charge in [0, 0.05) is 23.5 Å². The number of thiophene rings is 1. The van der Waals surface area contributed by atoms with Gasteiger partial charge in [0.1, 0.15) is 0 Å². The fourth-order valence-electron chi connectivity index (χ4n) is 2.41. The quantitative estimate of drug-likeness (QED) is 0.844. The number of hydrogen-bond acceptors (Lipinski definition) is 3. The maximum absolute atomic E-state index is 3.61. The van der Waals surface area contributed by atoms with Gasteiger partial charge in [-0.25, -0.2) is 0 Å². The third-order valence-electron chi connectivity index (χ3n) is 3.08. The van der Waals surface area contributed by atoms with Crippen LogP contribution in [0.25, 0.3) is 0 Å². The minimum Gasteiger partial charge on any atom is -0.310 e. The Labute approximate surface area is 96.3 Å². The van der Waals surface area contributed by atoms with Gasteiger partial charge in [-0.1, -0.05) is 6.07 Å². The Bertz CT molecular complexity index is 289. The molecular formula is C12H20N2S. The summed E-state index contributed by atoms with van der Waals surface area (Å²) in [5.41, 5.74) is 0.339. The first-order valence-electron chi connectivity index (χ1n) is 5.64. The molecule has 1 N–H and O–H groups in total. The predicted molar refractivity (Wildman–Crippen MR) is 66.3 cm³/mol. The Balaban J connectivity index is 1.84. The van der Waals surface area contributed by atoms with Crippen molar-refractivity contribution in [2.45, 2.75) is 31.8 Å². The SMILES string of the molecule is CN(Cc1cccs1)CC1(C)CCCN1. The van der Waals surface area contributed by atoms with Crippen molar-refractivity contribution >= 4 is 11.3 Å². The molecule has 84 valence electrons. The maximum Gasteiger partial charge on any atom is 0.0325 e. The van der Waals surface area contributed by atoms with Crippen molar-refractivity contribution in [1.82, 2.24) is 10.2 Å². The first-order chi connectivity index (χ1) is 7.18. The molecule has 1 saturated heterocycles. The van der Waals surface area contributed by atoms with E-state index in [9.17, 15) is 0 Å². The van der Waals surface area contributed by atoms with Crippen LogP contribution in [0.5, 0.6) is 0 Å². The highest BCUT2D eigenvalue weighted by molar-refractivity contribution is 7.09. The van der Waals surface area contributed by atoms with Crippen LogP contribution in [-0.4, -0.2) is 30.6 Å². The summed E-state index contributed by atoms with van der Waals surface area (Å²) < 4.78 is 0. The Kier molecular flexibility index (Phi) is 3.44. The molecule has 1 aromatic heterocycles. The Morgan fingerprint density at radius 2 is 2.47 bits per heavy atom. The lowest BCUT2D eigenvalue weighted by Gasteiger charge is -2.30. The molecule has 1 aromatic rings. The fraction of sp³-hybridized carbons (Fsp3) is 0.667. The average Bonchev–Trinajstić information content (AvgIpc) is 2.76. The van der Waals surface area contributed by atoms with E-state index in [1.54, 1.807) is 0 Å². The molecule has 1 aliphatic rings. The molecule has 0 amide bonds. The van der Waals surface area contributed by atoms with Crippen LogP contribution in [-0.2, 0) is 6.54 Å². The lowest BCUT2D eigenvalue weighted by molar-refractivity contribution is 0.235. The molecule has 0 saturated carbocycles. The molecule has 1 fully saturated rings. The predicted octanol–water partition coefficient (Wildman–Crippen LogP) is 2.32. The minimum absolute atomic E-state index is 0.339. The summed E-state index contributed by atoms with van der Waals surface area (Å²) in [5, 5.41) is 5.76. The van der Waals surface area contributed by atoms with Gasteiger partial charge in [-0.15, -0.1) is 11.3 Å².